The predicted molar refractivity (Wildman–Crippen MR) is 94.1 cm³/mol. The van der Waals surface area contributed by atoms with Crippen molar-refractivity contribution in [1.29, 1.82) is 0 Å². The lowest BCUT2D eigenvalue weighted by Gasteiger charge is -2.20. The molecule has 26 heavy (non-hydrogen) atoms. The van der Waals surface area contributed by atoms with Gasteiger partial charge in [0.25, 0.3) is 11.6 Å². The van der Waals surface area contributed by atoms with Gasteiger partial charge in [0.05, 0.1) is 11.1 Å². The van der Waals surface area contributed by atoms with Gasteiger partial charge in [-0.15, -0.1) is 0 Å². The summed E-state index contributed by atoms with van der Waals surface area (Å²) in [6, 6.07) is 4.97. The van der Waals surface area contributed by atoms with Crippen LogP contribution in [-0.4, -0.2) is 27.8 Å². The fourth-order valence-electron chi connectivity index (χ4n) is 2.48. The summed E-state index contributed by atoms with van der Waals surface area (Å²) in [5.74, 6) is -0.576. The third-order valence-electron chi connectivity index (χ3n) is 4.25. The van der Waals surface area contributed by atoms with E-state index in [1.165, 1.54) is 30.5 Å². The Balaban J connectivity index is 2.07. The van der Waals surface area contributed by atoms with Gasteiger partial charge < -0.3 is 9.84 Å². The molecule has 0 aliphatic carbocycles. The second-order valence-electron chi connectivity index (χ2n) is 6.48. The number of amides is 1. The second-order valence-corrected chi connectivity index (χ2v) is 6.48. The number of nitro groups is 1. The molecule has 0 saturated carbocycles. The molecule has 2 atom stereocenters. The van der Waals surface area contributed by atoms with E-state index >= 15 is 0 Å². The fourth-order valence-corrected chi connectivity index (χ4v) is 2.48. The number of nitrogens with zero attached hydrogens (tertiary/aromatic N) is 2. The number of non-ortho nitro benzene ring substituents is 1. The first-order valence-corrected chi connectivity index (χ1v) is 8.26. The van der Waals surface area contributed by atoms with E-state index in [9.17, 15) is 19.7 Å². The molecule has 1 amide bonds. The van der Waals surface area contributed by atoms with E-state index in [0.717, 1.165) is 0 Å². The Kier molecular flexibility index (Phi) is 5.86. The van der Waals surface area contributed by atoms with Gasteiger partial charge in [-0.3, -0.25) is 19.7 Å². The first-order valence-electron chi connectivity index (χ1n) is 8.26. The number of rotatable bonds is 7. The number of nitrogens with one attached hydrogen (secondary N) is 1. The highest BCUT2D eigenvalue weighted by Gasteiger charge is 2.26. The number of hydrogen-bond acceptors (Lipinski definition) is 6. The van der Waals surface area contributed by atoms with Crippen molar-refractivity contribution >= 4 is 17.4 Å². The van der Waals surface area contributed by atoms with Gasteiger partial charge in [0.1, 0.15) is 5.56 Å². The minimum atomic E-state index is -0.522. The zero-order chi connectivity index (χ0) is 19.4. The van der Waals surface area contributed by atoms with Crippen molar-refractivity contribution in [2.75, 3.05) is 0 Å². The third kappa shape index (κ3) is 4.14. The number of benzene rings is 1. The van der Waals surface area contributed by atoms with Crippen molar-refractivity contribution in [3.63, 3.8) is 0 Å². The SMILES string of the molecule is CC(C)c1oncc1C(=O)NC(C)C(C)C(=O)c1ccc([N+](=O)[O-])cc1. The Morgan fingerprint density at radius 2 is 1.77 bits per heavy atom. The van der Waals surface area contributed by atoms with Gasteiger partial charge >= 0.3 is 0 Å². The first-order chi connectivity index (χ1) is 12.2. The molecule has 2 unspecified atom stereocenters. The van der Waals surface area contributed by atoms with Crippen LogP contribution in [0.3, 0.4) is 0 Å². The predicted octanol–water partition coefficient (Wildman–Crippen LogP) is 3.34. The van der Waals surface area contributed by atoms with Crippen molar-refractivity contribution in [2.45, 2.75) is 39.7 Å². The minimum absolute atomic E-state index is 0.00715. The van der Waals surface area contributed by atoms with Crippen LogP contribution in [0.25, 0.3) is 0 Å². The van der Waals surface area contributed by atoms with Gasteiger partial charge in [0.2, 0.25) is 0 Å². The highest BCUT2D eigenvalue weighted by atomic mass is 16.6. The van der Waals surface area contributed by atoms with E-state index < -0.39 is 16.9 Å². The first kappa shape index (κ1) is 19.3. The fraction of sp³-hybridized carbons (Fsp3) is 0.389. The molecule has 1 heterocycles. The van der Waals surface area contributed by atoms with Crippen LogP contribution in [0, 0.1) is 16.0 Å². The van der Waals surface area contributed by atoms with Crippen LogP contribution in [0.1, 0.15) is 60.1 Å². The van der Waals surface area contributed by atoms with E-state index in [4.69, 9.17) is 4.52 Å². The summed E-state index contributed by atoms with van der Waals surface area (Å²) in [6.45, 7) is 7.21. The van der Waals surface area contributed by atoms with Crippen molar-refractivity contribution < 1.29 is 19.0 Å². The summed E-state index contributed by atoms with van der Waals surface area (Å²) in [5.41, 5.74) is 0.628. The molecule has 1 N–H and O–H groups in total. The summed E-state index contributed by atoms with van der Waals surface area (Å²) in [5, 5.41) is 17.1. The zero-order valence-corrected chi connectivity index (χ0v) is 15.1. The Hall–Kier alpha value is -3.03. The minimum Gasteiger partial charge on any atom is -0.360 e. The van der Waals surface area contributed by atoms with Gasteiger partial charge in [-0.05, 0) is 19.1 Å². The van der Waals surface area contributed by atoms with Gasteiger partial charge in [-0.2, -0.15) is 0 Å². The molecule has 0 saturated heterocycles. The van der Waals surface area contributed by atoms with E-state index in [-0.39, 0.29) is 23.3 Å². The summed E-state index contributed by atoms with van der Waals surface area (Å²) in [7, 11) is 0. The van der Waals surface area contributed by atoms with Crippen molar-refractivity contribution in [3.8, 4) is 0 Å². The number of carbonyl (C=O) groups is 2. The van der Waals surface area contributed by atoms with Crippen LogP contribution in [0.5, 0.6) is 0 Å². The molecular formula is C18H21N3O5. The Morgan fingerprint density at radius 3 is 2.31 bits per heavy atom. The van der Waals surface area contributed by atoms with Crippen molar-refractivity contribution in [1.82, 2.24) is 10.5 Å². The van der Waals surface area contributed by atoms with Gasteiger partial charge in [-0.1, -0.05) is 25.9 Å². The number of Topliss-reactive ketones (excluding diaryl/α,β-unsaturated/α-hetero) is 1. The molecule has 1 aromatic carbocycles. The maximum atomic E-state index is 12.6. The zero-order valence-electron chi connectivity index (χ0n) is 15.1. The maximum absolute atomic E-state index is 12.6. The van der Waals surface area contributed by atoms with Gasteiger partial charge in [0, 0.05) is 35.6 Å². The van der Waals surface area contributed by atoms with Crippen LogP contribution in [0.15, 0.2) is 35.0 Å². The third-order valence-corrected chi connectivity index (χ3v) is 4.25. The Labute approximate surface area is 150 Å². The van der Waals surface area contributed by atoms with E-state index in [1.807, 2.05) is 13.8 Å². The van der Waals surface area contributed by atoms with Gasteiger partial charge in [0.15, 0.2) is 11.5 Å². The molecule has 138 valence electrons. The smallest absolute Gasteiger partial charge is 0.269 e. The van der Waals surface area contributed by atoms with Gasteiger partial charge in [-0.25, -0.2) is 0 Å². The number of nitro benzene ring substituents is 1. The van der Waals surface area contributed by atoms with Crippen LogP contribution in [0.2, 0.25) is 0 Å². The molecule has 2 rings (SSSR count). The Morgan fingerprint density at radius 1 is 1.15 bits per heavy atom. The lowest BCUT2D eigenvalue weighted by Crippen LogP contribution is -2.40. The Bertz CT molecular complexity index is 810. The number of aromatic nitrogens is 1. The molecule has 0 aliphatic rings. The van der Waals surface area contributed by atoms with Crippen LogP contribution >= 0.6 is 0 Å². The number of hydrogen-bond donors (Lipinski definition) is 1. The molecule has 0 spiro atoms. The van der Waals surface area contributed by atoms with Crippen LogP contribution in [0.4, 0.5) is 5.69 Å². The van der Waals surface area contributed by atoms with E-state index in [2.05, 4.69) is 10.5 Å². The van der Waals surface area contributed by atoms with Crippen LogP contribution < -0.4 is 5.32 Å². The molecular weight excluding hydrogens is 338 g/mol. The maximum Gasteiger partial charge on any atom is 0.269 e. The molecule has 8 nitrogen and oxygen atoms in total. The quantitative estimate of drug-likeness (QED) is 0.460. The number of ketones is 1. The normalized spacial score (nSPS) is 13.3. The lowest BCUT2D eigenvalue weighted by atomic mass is 9.93. The highest BCUT2D eigenvalue weighted by molar-refractivity contribution is 5.99. The standard InChI is InChI=1S/C18H21N3O5/c1-10(2)17-15(9-19-26-17)18(23)20-12(4)11(3)16(22)13-5-7-14(8-6-13)21(24)25/h5-12H,1-4H3,(H,20,23). The molecule has 0 bridgehead atoms. The molecule has 8 heteroatoms. The summed E-state index contributed by atoms with van der Waals surface area (Å²) in [4.78, 5) is 35.2. The largest absolute Gasteiger partial charge is 0.360 e. The van der Waals surface area contributed by atoms with E-state index in [0.29, 0.717) is 16.9 Å². The average Bonchev–Trinajstić information content (AvgIpc) is 3.10. The molecule has 2 aromatic rings. The topological polar surface area (TPSA) is 115 Å². The van der Waals surface area contributed by atoms with Crippen LogP contribution in [-0.2, 0) is 0 Å². The highest BCUT2D eigenvalue weighted by Crippen LogP contribution is 2.20. The van der Waals surface area contributed by atoms with Crippen molar-refractivity contribution in [3.05, 3.63) is 57.5 Å². The molecule has 0 radical (unpaired) electrons. The summed E-state index contributed by atoms with van der Waals surface area (Å²) < 4.78 is 5.10. The monoisotopic (exact) mass is 359 g/mol. The van der Waals surface area contributed by atoms with Crippen molar-refractivity contribution in [2.24, 2.45) is 5.92 Å². The summed E-state index contributed by atoms with van der Waals surface area (Å²) in [6.07, 6.45) is 1.36. The molecule has 0 aliphatic heterocycles. The summed E-state index contributed by atoms with van der Waals surface area (Å²) >= 11 is 0. The second kappa shape index (κ2) is 7.90. The average molecular weight is 359 g/mol. The number of carbonyl (C=O) groups excluding carboxylic acids is 2. The molecule has 1 aromatic heterocycles. The lowest BCUT2D eigenvalue weighted by molar-refractivity contribution is -0.384. The molecule has 0 fully saturated rings. The van der Waals surface area contributed by atoms with E-state index in [1.54, 1.807) is 13.8 Å².